The highest BCUT2D eigenvalue weighted by Crippen LogP contribution is 2.06. The zero-order chi connectivity index (χ0) is 12.0. The van der Waals surface area contributed by atoms with Gasteiger partial charge in [-0.3, -0.25) is 9.69 Å². The van der Waals surface area contributed by atoms with E-state index in [1.54, 1.807) is 0 Å². The summed E-state index contributed by atoms with van der Waals surface area (Å²) in [5.74, 6) is -0.0300. The van der Waals surface area contributed by atoms with Crippen LogP contribution in [0.4, 0.5) is 0 Å². The third-order valence-corrected chi connectivity index (χ3v) is 2.26. The van der Waals surface area contributed by atoms with Gasteiger partial charge in [0.2, 0.25) is 0 Å². The Labute approximate surface area is 96.3 Å². The van der Waals surface area contributed by atoms with E-state index in [0.29, 0.717) is 6.54 Å². The van der Waals surface area contributed by atoms with Crippen molar-refractivity contribution in [2.45, 2.75) is 19.9 Å². The Bertz CT molecular complexity index is 407. The summed E-state index contributed by atoms with van der Waals surface area (Å²) in [6, 6.07) is 10.1. The average molecular weight is 216 g/mol. The van der Waals surface area contributed by atoms with Gasteiger partial charge in [-0.15, -0.1) is 0 Å². The third-order valence-electron chi connectivity index (χ3n) is 2.26. The van der Waals surface area contributed by atoms with Gasteiger partial charge in [-0.1, -0.05) is 29.8 Å². The van der Waals surface area contributed by atoms with Crippen molar-refractivity contribution in [3.05, 3.63) is 35.4 Å². The Hall–Kier alpha value is -1.66. The van der Waals surface area contributed by atoms with Gasteiger partial charge in [0.25, 0.3) is 0 Å². The highest BCUT2D eigenvalue weighted by Gasteiger charge is 2.06. The minimum Gasteiger partial charge on any atom is -0.297 e. The SMILES string of the molecule is Cc1cccc(CN(C)CC(=O)CC#N)c1. The first-order valence-electron chi connectivity index (χ1n) is 5.24. The maximum atomic E-state index is 11.2. The van der Waals surface area contributed by atoms with Gasteiger partial charge in [-0.05, 0) is 19.5 Å². The molecule has 0 amide bonds. The molecule has 0 saturated heterocycles. The number of likely N-dealkylation sites (N-methyl/N-ethyl adjacent to an activating group) is 1. The highest BCUT2D eigenvalue weighted by molar-refractivity contribution is 5.82. The van der Waals surface area contributed by atoms with Gasteiger partial charge in [-0.2, -0.15) is 5.26 Å². The van der Waals surface area contributed by atoms with Gasteiger partial charge >= 0.3 is 0 Å². The van der Waals surface area contributed by atoms with E-state index in [9.17, 15) is 4.79 Å². The molecular formula is C13H16N2O. The Morgan fingerprint density at radius 1 is 1.50 bits per heavy atom. The number of carbonyl (C=O) groups is 1. The van der Waals surface area contributed by atoms with Gasteiger partial charge in [-0.25, -0.2) is 0 Å². The number of hydrogen-bond acceptors (Lipinski definition) is 3. The fourth-order valence-corrected chi connectivity index (χ4v) is 1.62. The molecule has 3 heteroatoms. The first-order valence-corrected chi connectivity index (χ1v) is 5.24. The number of aryl methyl sites for hydroxylation is 1. The molecule has 1 aromatic rings. The molecule has 3 nitrogen and oxygen atoms in total. The molecule has 0 fully saturated rings. The van der Waals surface area contributed by atoms with E-state index in [0.717, 1.165) is 6.54 Å². The molecule has 1 rings (SSSR count). The maximum Gasteiger partial charge on any atom is 0.160 e. The van der Waals surface area contributed by atoms with Gasteiger partial charge in [0, 0.05) is 6.54 Å². The minimum atomic E-state index is -0.0300. The molecule has 1 aromatic carbocycles. The molecule has 0 N–H and O–H groups in total. The van der Waals surface area contributed by atoms with Gasteiger partial charge in [0.1, 0.15) is 0 Å². The van der Waals surface area contributed by atoms with Crippen molar-refractivity contribution in [1.82, 2.24) is 4.90 Å². The summed E-state index contributed by atoms with van der Waals surface area (Å²) in [5.41, 5.74) is 2.40. The number of Topliss-reactive ketones (excluding diaryl/α,β-unsaturated/α-hetero) is 1. The molecule has 0 aromatic heterocycles. The number of nitriles is 1. The molecule has 0 aliphatic carbocycles. The maximum absolute atomic E-state index is 11.2. The summed E-state index contributed by atoms with van der Waals surface area (Å²) in [7, 11) is 1.89. The molecular weight excluding hydrogens is 200 g/mol. The Balaban J connectivity index is 2.49. The zero-order valence-corrected chi connectivity index (χ0v) is 9.73. The number of carbonyl (C=O) groups excluding carboxylic acids is 1. The quantitative estimate of drug-likeness (QED) is 0.755. The van der Waals surface area contributed by atoms with E-state index >= 15 is 0 Å². The van der Waals surface area contributed by atoms with Crippen molar-refractivity contribution < 1.29 is 4.79 Å². The number of ketones is 1. The van der Waals surface area contributed by atoms with Crippen LogP contribution in [0.15, 0.2) is 24.3 Å². The molecule has 0 saturated carbocycles. The minimum absolute atomic E-state index is 0.00183. The molecule has 0 bridgehead atoms. The average Bonchev–Trinajstić information content (AvgIpc) is 2.17. The monoisotopic (exact) mass is 216 g/mol. The van der Waals surface area contributed by atoms with Crippen LogP contribution in [0.2, 0.25) is 0 Å². The van der Waals surface area contributed by atoms with Crippen LogP contribution in [0.5, 0.6) is 0 Å². The van der Waals surface area contributed by atoms with Crippen LogP contribution in [0, 0.1) is 18.3 Å². The zero-order valence-electron chi connectivity index (χ0n) is 9.73. The molecule has 0 aliphatic heterocycles. The van der Waals surface area contributed by atoms with Crippen molar-refractivity contribution in [2.24, 2.45) is 0 Å². The van der Waals surface area contributed by atoms with Crippen molar-refractivity contribution in [3.63, 3.8) is 0 Å². The summed E-state index contributed by atoms with van der Waals surface area (Å²) < 4.78 is 0. The largest absolute Gasteiger partial charge is 0.297 e. The lowest BCUT2D eigenvalue weighted by molar-refractivity contribution is -0.119. The van der Waals surface area contributed by atoms with Crippen molar-refractivity contribution in [1.29, 1.82) is 5.26 Å². The first-order chi connectivity index (χ1) is 7.61. The van der Waals surface area contributed by atoms with Crippen LogP contribution in [0.3, 0.4) is 0 Å². The van der Waals surface area contributed by atoms with Crippen molar-refractivity contribution >= 4 is 5.78 Å². The van der Waals surface area contributed by atoms with Gasteiger partial charge < -0.3 is 0 Å². The van der Waals surface area contributed by atoms with Gasteiger partial charge in [0.15, 0.2) is 5.78 Å². The van der Waals surface area contributed by atoms with Crippen LogP contribution < -0.4 is 0 Å². The van der Waals surface area contributed by atoms with Crippen LogP contribution in [-0.4, -0.2) is 24.3 Å². The molecule has 0 spiro atoms. The fraction of sp³-hybridized carbons (Fsp3) is 0.385. The summed E-state index contributed by atoms with van der Waals surface area (Å²) in [6.45, 7) is 3.12. The van der Waals surface area contributed by atoms with Gasteiger partial charge in [0.05, 0.1) is 19.0 Å². The molecule has 0 heterocycles. The van der Waals surface area contributed by atoms with Crippen LogP contribution in [0.1, 0.15) is 17.5 Å². The van der Waals surface area contributed by atoms with E-state index in [4.69, 9.17) is 5.26 Å². The topological polar surface area (TPSA) is 44.1 Å². The van der Waals surface area contributed by atoms with E-state index in [1.165, 1.54) is 11.1 Å². The van der Waals surface area contributed by atoms with Crippen LogP contribution in [-0.2, 0) is 11.3 Å². The second-order valence-corrected chi connectivity index (χ2v) is 4.03. The molecule has 84 valence electrons. The molecule has 0 unspecified atom stereocenters. The Kier molecular flexibility index (Phi) is 4.68. The van der Waals surface area contributed by atoms with E-state index in [-0.39, 0.29) is 12.2 Å². The standard InChI is InChI=1S/C13H16N2O/c1-11-4-3-5-12(8-11)9-15(2)10-13(16)6-7-14/h3-5,8H,6,9-10H2,1-2H3. The summed E-state index contributed by atoms with van der Waals surface area (Å²) in [4.78, 5) is 13.2. The van der Waals surface area contributed by atoms with Crippen molar-refractivity contribution in [3.8, 4) is 6.07 Å². The number of hydrogen-bond donors (Lipinski definition) is 0. The lowest BCUT2D eigenvalue weighted by Gasteiger charge is -2.15. The number of nitrogens with zero attached hydrogens (tertiary/aromatic N) is 2. The Morgan fingerprint density at radius 2 is 2.25 bits per heavy atom. The normalized spacial score (nSPS) is 10.1. The third kappa shape index (κ3) is 4.24. The first kappa shape index (κ1) is 12.4. The predicted molar refractivity (Wildman–Crippen MR) is 62.8 cm³/mol. The highest BCUT2D eigenvalue weighted by atomic mass is 16.1. The second kappa shape index (κ2) is 6.04. The fourth-order valence-electron chi connectivity index (χ4n) is 1.62. The molecule has 0 aliphatic rings. The Morgan fingerprint density at radius 3 is 2.88 bits per heavy atom. The number of rotatable bonds is 5. The smallest absolute Gasteiger partial charge is 0.160 e. The van der Waals surface area contributed by atoms with Crippen LogP contribution in [0.25, 0.3) is 0 Å². The lowest BCUT2D eigenvalue weighted by atomic mass is 10.1. The summed E-state index contributed by atoms with van der Waals surface area (Å²) in [5, 5.41) is 8.39. The lowest BCUT2D eigenvalue weighted by Crippen LogP contribution is -2.25. The van der Waals surface area contributed by atoms with Crippen molar-refractivity contribution in [2.75, 3.05) is 13.6 Å². The predicted octanol–water partition coefficient (Wildman–Crippen LogP) is 1.91. The second-order valence-electron chi connectivity index (χ2n) is 4.03. The summed E-state index contributed by atoms with van der Waals surface area (Å²) in [6.07, 6.45) is -0.00183. The number of benzene rings is 1. The molecule has 0 radical (unpaired) electrons. The van der Waals surface area contributed by atoms with E-state index in [1.807, 2.05) is 43.1 Å². The van der Waals surface area contributed by atoms with E-state index in [2.05, 4.69) is 6.07 Å². The molecule has 0 atom stereocenters. The van der Waals surface area contributed by atoms with Crippen LogP contribution >= 0.6 is 0 Å². The van der Waals surface area contributed by atoms with E-state index < -0.39 is 0 Å². The molecule has 16 heavy (non-hydrogen) atoms. The summed E-state index contributed by atoms with van der Waals surface area (Å²) >= 11 is 0.